The fourth-order valence-corrected chi connectivity index (χ4v) is 4.19. The molecule has 1 aromatic carbocycles. The van der Waals surface area contributed by atoms with Crippen molar-refractivity contribution in [1.29, 1.82) is 0 Å². The molecule has 0 saturated carbocycles. The predicted octanol–water partition coefficient (Wildman–Crippen LogP) is 2.83. The van der Waals surface area contributed by atoms with Crippen LogP contribution in [-0.4, -0.2) is 14.5 Å². The van der Waals surface area contributed by atoms with Crippen LogP contribution in [0.25, 0.3) is 0 Å². The topological polar surface area (TPSA) is 58.2 Å². The summed E-state index contributed by atoms with van der Waals surface area (Å²) in [6.07, 6.45) is 9.71. The number of allylic oxidation sites excluding steroid dienone is 4. The summed E-state index contributed by atoms with van der Waals surface area (Å²) < 4.78 is 40.2. The zero-order valence-electron chi connectivity index (χ0n) is 12.8. The summed E-state index contributed by atoms with van der Waals surface area (Å²) in [7, 11) is -3.64. The SMILES string of the molecule is CC(CC1=CNC2=CC=CCC12)NS(=O)(=O)c1ccc(F)cc1. The largest absolute Gasteiger partial charge is 0.365 e. The molecule has 3 rings (SSSR count). The first-order valence-electron chi connectivity index (χ1n) is 7.56. The van der Waals surface area contributed by atoms with Crippen LogP contribution in [0.2, 0.25) is 0 Å². The molecule has 1 aliphatic heterocycles. The zero-order valence-corrected chi connectivity index (χ0v) is 13.6. The van der Waals surface area contributed by atoms with Crippen molar-refractivity contribution in [2.45, 2.75) is 30.7 Å². The number of halogens is 1. The fraction of sp³-hybridized carbons (Fsp3) is 0.294. The van der Waals surface area contributed by atoms with Crippen LogP contribution in [0.5, 0.6) is 0 Å². The highest BCUT2D eigenvalue weighted by molar-refractivity contribution is 7.89. The minimum Gasteiger partial charge on any atom is -0.365 e. The Morgan fingerprint density at radius 1 is 1.35 bits per heavy atom. The van der Waals surface area contributed by atoms with Crippen LogP contribution in [0.1, 0.15) is 19.8 Å². The molecule has 1 aliphatic carbocycles. The summed E-state index contributed by atoms with van der Waals surface area (Å²) in [5, 5.41) is 3.24. The van der Waals surface area contributed by atoms with Gasteiger partial charge in [0.15, 0.2) is 0 Å². The van der Waals surface area contributed by atoms with Crippen molar-refractivity contribution in [2.24, 2.45) is 5.92 Å². The molecule has 0 bridgehead atoms. The van der Waals surface area contributed by atoms with E-state index in [2.05, 4.69) is 16.1 Å². The van der Waals surface area contributed by atoms with Crippen molar-refractivity contribution in [2.75, 3.05) is 0 Å². The molecule has 122 valence electrons. The van der Waals surface area contributed by atoms with E-state index >= 15 is 0 Å². The van der Waals surface area contributed by atoms with Gasteiger partial charge in [0.1, 0.15) is 5.82 Å². The first kappa shape index (κ1) is 16.0. The van der Waals surface area contributed by atoms with E-state index < -0.39 is 15.8 Å². The molecule has 0 saturated heterocycles. The van der Waals surface area contributed by atoms with E-state index in [4.69, 9.17) is 0 Å². The van der Waals surface area contributed by atoms with E-state index in [-0.39, 0.29) is 10.9 Å². The third-order valence-corrected chi connectivity index (χ3v) is 5.66. The summed E-state index contributed by atoms with van der Waals surface area (Å²) in [5.74, 6) is -0.137. The molecule has 1 heterocycles. The lowest BCUT2D eigenvalue weighted by Gasteiger charge is -2.20. The maximum Gasteiger partial charge on any atom is 0.240 e. The molecular weight excluding hydrogens is 315 g/mol. The lowest BCUT2D eigenvalue weighted by atomic mass is 9.89. The van der Waals surface area contributed by atoms with Crippen LogP contribution < -0.4 is 10.0 Å². The van der Waals surface area contributed by atoms with Gasteiger partial charge in [0.05, 0.1) is 4.90 Å². The number of hydrogen-bond acceptors (Lipinski definition) is 3. The minimum absolute atomic E-state index is 0.0745. The van der Waals surface area contributed by atoms with E-state index in [1.807, 2.05) is 25.3 Å². The molecule has 2 unspecified atom stereocenters. The monoisotopic (exact) mass is 334 g/mol. The first-order valence-corrected chi connectivity index (χ1v) is 9.04. The van der Waals surface area contributed by atoms with E-state index in [0.717, 1.165) is 24.3 Å². The lowest BCUT2D eigenvalue weighted by Crippen LogP contribution is -2.33. The molecule has 0 spiro atoms. The van der Waals surface area contributed by atoms with E-state index in [1.165, 1.54) is 17.7 Å². The van der Waals surface area contributed by atoms with Crippen molar-refractivity contribution in [3.05, 3.63) is 65.8 Å². The van der Waals surface area contributed by atoms with Crippen molar-refractivity contribution >= 4 is 10.0 Å². The third kappa shape index (κ3) is 3.54. The summed E-state index contributed by atoms with van der Waals surface area (Å²) >= 11 is 0. The van der Waals surface area contributed by atoms with Crippen LogP contribution >= 0.6 is 0 Å². The van der Waals surface area contributed by atoms with Gasteiger partial charge in [-0.3, -0.25) is 0 Å². The summed E-state index contributed by atoms with van der Waals surface area (Å²) in [6, 6.07) is 4.59. The molecular formula is C17H19FN2O2S. The van der Waals surface area contributed by atoms with Gasteiger partial charge in [-0.05, 0) is 55.7 Å². The van der Waals surface area contributed by atoms with Gasteiger partial charge in [0.25, 0.3) is 0 Å². The van der Waals surface area contributed by atoms with E-state index in [9.17, 15) is 12.8 Å². The molecule has 0 fully saturated rings. The van der Waals surface area contributed by atoms with Gasteiger partial charge in [-0.25, -0.2) is 17.5 Å². The van der Waals surface area contributed by atoms with Crippen molar-refractivity contribution in [3.8, 4) is 0 Å². The van der Waals surface area contributed by atoms with Crippen LogP contribution in [0.3, 0.4) is 0 Å². The van der Waals surface area contributed by atoms with E-state index in [1.54, 1.807) is 0 Å². The quantitative estimate of drug-likeness (QED) is 0.870. The van der Waals surface area contributed by atoms with Gasteiger partial charge in [-0.15, -0.1) is 0 Å². The van der Waals surface area contributed by atoms with Crippen LogP contribution in [0.15, 0.2) is 64.9 Å². The maximum absolute atomic E-state index is 12.9. The Balaban J connectivity index is 1.65. The third-order valence-electron chi connectivity index (χ3n) is 4.05. The number of sulfonamides is 1. The standard InChI is InChI=1S/C17H19FN2O2S/c1-12(10-13-11-19-17-5-3-2-4-16(13)17)20-23(21,22)15-8-6-14(18)7-9-15/h2-3,5-9,11-12,16,19-20H,4,10H2,1H3. The maximum atomic E-state index is 12.9. The van der Waals surface area contributed by atoms with Crippen molar-refractivity contribution in [3.63, 3.8) is 0 Å². The van der Waals surface area contributed by atoms with Gasteiger partial charge in [0.2, 0.25) is 10.0 Å². The molecule has 1 aromatic rings. The highest BCUT2D eigenvalue weighted by atomic mass is 32.2. The molecule has 6 heteroatoms. The number of benzene rings is 1. The smallest absolute Gasteiger partial charge is 0.240 e. The number of nitrogens with one attached hydrogen (secondary N) is 2. The van der Waals surface area contributed by atoms with Gasteiger partial charge >= 0.3 is 0 Å². The number of hydrogen-bond donors (Lipinski definition) is 2. The molecule has 2 N–H and O–H groups in total. The Hall–Kier alpha value is -1.92. The molecule has 2 aliphatic rings. The van der Waals surface area contributed by atoms with Crippen LogP contribution in [0.4, 0.5) is 4.39 Å². The molecule has 0 amide bonds. The number of rotatable bonds is 5. The highest BCUT2D eigenvalue weighted by Gasteiger charge is 2.27. The Morgan fingerprint density at radius 2 is 2.09 bits per heavy atom. The minimum atomic E-state index is -3.64. The Labute approximate surface area is 135 Å². The molecule has 4 nitrogen and oxygen atoms in total. The van der Waals surface area contributed by atoms with E-state index in [0.29, 0.717) is 12.3 Å². The van der Waals surface area contributed by atoms with Crippen LogP contribution in [-0.2, 0) is 10.0 Å². The Kier molecular flexibility index (Phi) is 4.37. The summed E-state index contributed by atoms with van der Waals surface area (Å²) in [5.41, 5.74) is 2.35. The Morgan fingerprint density at radius 3 is 2.83 bits per heavy atom. The van der Waals surface area contributed by atoms with Gasteiger partial charge in [0, 0.05) is 23.9 Å². The molecule has 23 heavy (non-hydrogen) atoms. The van der Waals surface area contributed by atoms with Gasteiger partial charge in [-0.2, -0.15) is 0 Å². The predicted molar refractivity (Wildman–Crippen MR) is 87.3 cm³/mol. The summed E-state index contributed by atoms with van der Waals surface area (Å²) in [4.78, 5) is 0.0745. The molecule has 2 atom stereocenters. The second-order valence-electron chi connectivity index (χ2n) is 5.88. The fourth-order valence-electron chi connectivity index (χ4n) is 2.95. The second-order valence-corrected chi connectivity index (χ2v) is 7.60. The lowest BCUT2D eigenvalue weighted by molar-refractivity contribution is 0.549. The van der Waals surface area contributed by atoms with Gasteiger partial charge < -0.3 is 5.32 Å². The average Bonchev–Trinajstić information content (AvgIpc) is 2.90. The first-order chi connectivity index (χ1) is 11.0. The molecule has 0 aromatic heterocycles. The summed E-state index contributed by atoms with van der Waals surface area (Å²) in [6.45, 7) is 1.84. The average molecular weight is 334 g/mol. The zero-order chi connectivity index (χ0) is 16.4. The second kappa shape index (κ2) is 6.29. The van der Waals surface area contributed by atoms with Gasteiger partial charge in [-0.1, -0.05) is 12.2 Å². The number of fused-ring (bicyclic) bond motifs is 1. The normalized spacial score (nSPS) is 21.2. The highest BCUT2D eigenvalue weighted by Crippen LogP contribution is 2.33. The van der Waals surface area contributed by atoms with Crippen LogP contribution in [0, 0.1) is 11.7 Å². The van der Waals surface area contributed by atoms with Crippen molar-refractivity contribution in [1.82, 2.24) is 10.0 Å². The Bertz CT molecular complexity index is 779. The van der Waals surface area contributed by atoms with Crippen molar-refractivity contribution < 1.29 is 12.8 Å². The molecule has 0 radical (unpaired) electrons.